The van der Waals surface area contributed by atoms with Crippen LogP contribution in [0.4, 0.5) is 39.8 Å². The second kappa shape index (κ2) is 50.1. The normalized spacial score (nSPS) is 15.5. The zero-order valence-corrected chi connectivity index (χ0v) is 89.7. The van der Waals surface area contributed by atoms with Crippen LogP contribution in [0.15, 0.2) is 282 Å². The van der Waals surface area contributed by atoms with Gasteiger partial charge in [-0.05, 0) is 306 Å². The Labute approximate surface area is 902 Å². The predicted molar refractivity (Wildman–Crippen MR) is 591 cm³/mol. The molecule has 21 rings (SSSR count). The molecule has 1 amide bonds. The molecule has 5 aliphatic carbocycles. The van der Waals surface area contributed by atoms with Gasteiger partial charge in [0.2, 0.25) is 5.91 Å². The van der Waals surface area contributed by atoms with Crippen LogP contribution >= 0.6 is 86.9 Å². The number of carboxylic acids is 2. The Morgan fingerprint density at radius 1 is 0.365 bits per heavy atom. The minimum Gasteiger partial charge on any atom is -0.481 e. The summed E-state index contributed by atoms with van der Waals surface area (Å²) in [7, 11) is 5.52. The molecule has 13 aromatic rings. The van der Waals surface area contributed by atoms with Crippen LogP contribution in [0, 0.1) is 29.6 Å². The van der Waals surface area contributed by atoms with Gasteiger partial charge in [0.25, 0.3) is 0 Å². The number of aromatic carboxylic acids is 1. The molecule has 7 aromatic carbocycles. The van der Waals surface area contributed by atoms with E-state index in [0.29, 0.717) is 78.9 Å². The highest BCUT2D eigenvalue weighted by Gasteiger charge is 2.39. The van der Waals surface area contributed by atoms with Gasteiger partial charge >= 0.3 is 35.8 Å². The average Bonchev–Trinajstić information content (AvgIpc) is 1.65. The smallest absolute Gasteiger partial charge is 0.337 e. The minimum absolute atomic E-state index is 0.0736. The van der Waals surface area contributed by atoms with Crippen molar-refractivity contribution >= 4 is 186 Å². The molecule has 0 spiro atoms. The summed E-state index contributed by atoms with van der Waals surface area (Å²) < 4.78 is 22.8. The molecule has 32 heteroatoms. The van der Waals surface area contributed by atoms with Crippen LogP contribution in [-0.2, 0) is 59.0 Å². The SMILES string of the molecule is COC(=O)C(CC1CC1)c1ccc(Br)cn1.COC(=O)c1ccc(NC(=O)C(CC2CC2)c2ccc(Br)cn2)c(N)c1.COC(=O)c1ccc2c(c1)N=C(C(CC1CC1)c1ccc(-c3cc(Cl)ccc3N)cn1)C2.COC(=O)c1ccc2c(c1)N=C(C(Cc1ccccc1)c1ccc(Br)cn1)C2.Nc1ccc(Cl)cc1-c1ccc(C(CC2CC2)C2=Nc3cc(C(=O)O)ccc3C2)nc1.O=C(O)C(CC1CC1)c1ccc(Br)cn1. The van der Waals surface area contributed by atoms with E-state index in [2.05, 4.69) is 136 Å². The van der Waals surface area contributed by atoms with Crippen molar-refractivity contribution in [3.63, 3.8) is 0 Å². The number of ether oxygens (including phenoxy) is 4. The number of aliphatic imine (C=N–C) groups is 3. The molecule has 9 heterocycles. The summed E-state index contributed by atoms with van der Waals surface area (Å²) in [5.74, 6) is -0.552. The number of fused-ring (bicyclic) bond motifs is 3. The summed E-state index contributed by atoms with van der Waals surface area (Å²) in [6.45, 7) is 0. The Hall–Kier alpha value is -13.4. The van der Waals surface area contributed by atoms with Crippen LogP contribution in [0.2, 0.25) is 10.0 Å². The summed E-state index contributed by atoms with van der Waals surface area (Å²) >= 11 is 25.8. The van der Waals surface area contributed by atoms with Gasteiger partial charge < -0.3 is 51.7 Å². The van der Waals surface area contributed by atoms with Gasteiger partial charge in [0, 0.05) is 170 Å². The Morgan fingerprint density at radius 3 is 1.09 bits per heavy atom. The van der Waals surface area contributed by atoms with Crippen LogP contribution in [0.1, 0.15) is 230 Å². The van der Waals surface area contributed by atoms with Gasteiger partial charge in [-0.1, -0.05) is 148 Å². The molecule has 0 bridgehead atoms. The maximum absolute atomic E-state index is 12.9. The summed E-state index contributed by atoms with van der Waals surface area (Å²) in [6.07, 6.45) is 30.2. The van der Waals surface area contributed by atoms with E-state index in [0.717, 1.165) is 196 Å². The number of carbonyl (C=O) groups is 7. The quantitative estimate of drug-likeness (QED) is 0.0133. The molecule has 5 fully saturated rings. The molecule has 6 unspecified atom stereocenters. The van der Waals surface area contributed by atoms with Gasteiger partial charge in [-0.25, -0.2) is 19.2 Å². The van der Waals surface area contributed by atoms with Gasteiger partial charge in [0.15, 0.2) is 0 Å². The number of carboxylic acid groups (broad SMARTS) is 2. The molecule has 0 radical (unpaired) electrons. The lowest BCUT2D eigenvalue weighted by Crippen LogP contribution is -2.23. The maximum Gasteiger partial charge on any atom is 0.337 e. The van der Waals surface area contributed by atoms with Crippen molar-refractivity contribution in [2.45, 2.75) is 158 Å². The first kappa shape index (κ1) is 107. The topological polar surface area (TPSA) is 401 Å². The lowest BCUT2D eigenvalue weighted by atomic mass is 9.89. The number of amides is 1. The van der Waals surface area contributed by atoms with Crippen molar-refractivity contribution in [2.24, 2.45) is 44.6 Å². The highest BCUT2D eigenvalue weighted by atomic mass is 79.9. The number of nitrogens with two attached hydrogens (primary N) is 3. The van der Waals surface area contributed by atoms with Gasteiger partial charge in [-0.2, -0.15) is 0 Å². The summed E-state index contributed by atoms with van der Waals surface area (Å²) in [4.78, 5) is 124. The van der Waals surface area contributed by atoms with E-state index in [1.807, 2.05) is 128 Å². The number of rotatable bonds is 31. The summed E-state index contributed by atoms with van der Waals surface area (Å²) in [5.41, 5.74) is 41.1. The first-order chi connectivity index (χ1) is 71.5. The van der Waals surface area contributed by atoms with Gasteiger partial charge in [-0.15, -0.1) is 0 Å². The zero-order valence-electron chi connectivity index (χ0n) is 81.9. The number of nitrogen functional groups attached to an aromatic ring is 3. The zero-order chi connectivity index (χ0) is 104. The molecular formula is C116H111Br4Cl2N13O13. The number of aromatic nitrogens is 6. The Bertz CT molecular complexity index is 7100. The van der Waals surface area contributed by atoms with Crippen LogP contribution in [0.25, 0.3) is 22.3 Å². The number of halogens is 6. The third-order valence-corrected chi connectivity index (χ3v) is 29.6. The fraction of sp³-hybridized carbons (Fsp3) is 0.293. The number of carbonyl (C=O) groups excluding carboxylic acids is 5. The molecule has 8 aliphatic rings. The second-order valence-corrected chi connectivity index (χ2v) is 42.8. The number of esters is 4. The fourth-order valence-electron chi connectivity index (χ4n) is 18.2. The van der Waals surface area contributed by atoms with E-state index in [4.69, 9.17) is 84.7 Å². The lowest BCUT2D eigenvalue weighted by Gasteiger charge is -2.17. The highest BCUT2D eigenvalue weighted by molar-refractivity contribution is 9.11. The fourth-order valence-corrected chi connectivity index (χ4v) is 19.5. The number of methoxy groups -OCH3 is 4. The van der Waals surface area contributed by atoms with Gasteiger partial charge in [0.05, 0.1) is 114 Å². The Morgan fingerprint density at radius 2 is 0.716 bits per heavy atom. The number of nitrogens with zero attached hydrogens (tertiary/aromatic N) is 9. The van der Waals surface area contributed by atoms with E-state index < -0.39 is 23.8 Å². The maximum atomic E-state index is 12.9. The standard InChI is InChI=1S/C26H24ClN3O2.C25H22ClN3O2.C23H19BrN2O2.C19H20BrN3O3.C12H14BrNO2.C11H12BrNO2/c1-32-26(31)17-5-4-16-11-25(30-24(16)12-17)21(10-15-2-3-15)23-9-6-18(14-29-23)20-13-19(27)7-8-22(20)28;26-18-6-7-21(27)19(12-18)17-5-8-22(28-13-17)20(9-14-1-2-14)24-10-15-3-4-16(25(30)31)11-23(15)29-24;1-28-23(27)17-8-7-16-12-22(26-21(16)13-17)19(11-15-5-3-2-4-6-15)20-10-9-18(24)14-25-20;1-26-19(25)12-4-6-17(15(21)9-12)23-18(24)14(8-11-2-3-11)16-7-5-13(20)10-22-16;1-16-12(15)10(6-8-2-3-8)11-5-4-9(13)7-14-11;12-8-3-4-10(13-6-8)9(11(14)15)5-7-1-2-7/h4-9,12-15,21H,2-3,10-11,28H2,1H3;3-8,11-14,20H,1-2,9-10,27H2,(H,30,31);2-10,13-14,19H,11-12H2,1H3;4-7,9-11,14H,2-3,8,21H2,1H3,(H,23,24);4-5,7-8,10H,2-3,6H2,1H3;3-4,6-7,9H,1-2,5H2,(H,14,15). The molecule has 6 aromatic heterocycles. The molecule has 0 saturated heterocycles. The first-order valence-electron chi connectivity index (χ1n) is 49.1. The number of anilines is 4. The molecule has 760 valence electrons. The molecule has 26 nitrogen and oxygen atoms in total. The Balaban J connectivity index is 0.000000129. The summed E-state index contributed by atoms with van der Waals surface area (Å²) in [5, 5.41) is 22.6. The Kier molecular flexibility index (Phi) is 36.3. The largest absolute Gasteiger partial charge is 0.481 e. The van der Waals surface area contributed by atoms with E-state index in [-0.39, 0.29) is 59.0 Å². The molecule has 5 saturated carbocycles. The molecule has 3 aliphatic heterocycles. The average molecular weight is 2290 g/mol. The predicted octanol–water partition coefficient (Wildman–Crippen LogP) is 26.6. The third-order valence-electron chi connectivity index (χ3n) is 27.3. The lowest BCUT2D eigenvalue weighted by molar-refractivity contribution is -0.143. The van der Waals surface area contributed by atoms with Crippen molar-refractivity contribution in [2.75, 3.05) is 51.0 Å². The molecule has 9 N–H and O–H groups in total. The van der Waals surface area contributed by atoms with Crippen LogP contribution in [0.3, 0.4) is 0 Å². The molecular weight excluding hydrogens is 2170 g/mol. The van der Waals surface area contributed by atoms with E-state index in [9.17, 15) is 38.7 Å². The van der Waals surface area contributed by atoms with Crippen LogP contribution in [0.5, 0.6) is 0 Å². The van der Waals surface area contributed by atoms with Crippen molar-refractivity contribution in [1.29, 1.82) is 0 Å². The minimum atomic E-state index is -0.932. The number of hydrogen-bond acceptors (Lipinski definition) is 23. The first-order valence-corrected chi connectivity index (χ1v) is 53.0. The highest BCUT2D eigenvalue weighted by Crippen LogP contribution is 2.48. The van der Waals surface area contributed by atoms with Gasteiger partial charge in [0.1, 0.15) is 0 Å². The molecule has 148 heavy (non-hydrogen) atoms. The number of hydrogen-bond donors (Lipinski definition) is 6. The number of aliphatic carboxylic acids is 1. The van der Waals surface area contributed by atoms with Crippen molar-refractivity contribution in [3.05, 3.63) is 356 Å². The third kappa shape index (κ3) is 29.4. The van der Waals surface area contributed by atoms with Crippen LogP contribution in [-0.4, -0.2) is 127 Å². The molecule has 6 atom stereocenters. The number of benzene rings is 7. The van der Waals surface area contributed by atoms with Crippen molar-refractivity contribution < 1.29 is 62.7 Å². The van der Waals surface area contributed by atoms with Crippen molar-refractivity contribution in [1.82, 2.24) is 29.9 Å². The number of nitrogens with one attached hydrogen (secondary N) is 1. The second-order valence-electron chi connectivity index (χ2n) is 38.2. The van der Waals surface area contributed by atoms with E-state index in [1.165, 1.54) is 91.4 Å². The number of pyridine rings is 6. The monoisotopic (exact) mass is 2280 g/mol. The van der Waals surface area contributed by atoms with Gasteiger partial charge in [-0.3, -0.25) is 59.3 Å². The summed E-state index contributed by atoms with van der Waals surface area (Å²) in [6, 6.07) is 65.8. The van der Waals surface area contributed by atoms with E-state index >= 15 is 0 Å². The van der Waals surface area contributed by atoms with Crippen LogP contribution < -0.4 is 22.5 Å². The van der Waals surface area contributed by atoms with E-state index in [1.54, 1.807) is 73.2 Å². The van der Waals surface area contributed by atoms with Crippen molar-refractivity contribution in [3.8, 4) is 22.3 Å².